The van der Waals surface area contributed by atoms with E-state index in [1.165, 1.54) is 6.92 Å². The number of aromatic nitrogens is 6. The van der Waals surface area contributed by atoms with Crippen LogP contribution in [0.2, 0.25) is 0 Å². The molecule has 13 heteroatoms. The number of anilines is 3. The SMILES string of the molecule is CC(=O)NCCNC(=O)c1cc(Nc2cc(C)[nH]n2)nc(N2CCCC2c2cc(-c3ccccn3)no2)n1. The van der Waals surface area contributed by atoms with Crippen LogP contribution in [-0.2, 0) is 4.79 Å². The summed E-state index contributed by atoms with van der Waals surface area (Å²) in [7, 11) is 0. The molecule has 196 valence electrons. The summed E-state index contributed by atoms with van der Waals surface area (Å²) in [4.78, 5) is 39.7. The van der Waals surface area contributed by atoms with Crippen molar-refractivity contribution in [3.63, 3.8) is 0 Å². The molecule has 1 aliphatic heterocycles. The van der Waals surface area contributed by atoms with Crippen molar-refractivity contribution in [2.75, 3.05) is 29.9 Å². The van der Waals surface area contributed by atoms with E-state index in [4.69, 9.17) is 9.51 Å². The summed E-state index contributed by atoms with van der Waals surface area (Å²) in [5.41, 5.74) is 2.44. The first-order valence-electron chi connectivity index (χ1n) is 12.3. The number of rotatable bonds is 9. The molecule has 4 aromatic rings. The normalized spacial score (nSPS) is 14.9. The van der Waals surface area contributed by atoms with Gasteiger partial charge in [-0.25, -0.2) is 4.98 Å². The van der Waals surface area contributed by atoms with Crippen molar-refractivity contribution in [2.24, 2.45) is 0 Å². The Balaban J connectivity index is 1.41. The molecular weight excluding hydrogens is 488 g/mol. The van der Waals surface area contributed by atoms with Crippen molar-refractivity contribution >= 4 is 29.4 Å². The van der Waals surface area contributed by atoms with Crippen LogP contribution >= 0.6 is 0 Å². The minimum absolute atomic E-state index is 0.154. The molecule has 0 spiro atoms. The van der Waals surface area contributed by atoms with E-state index in [1.807, 2.05) is 42.2 Å². The zero-order valence-electron chi connectivity index (χ0n) is 21.1. The monoisotopic (exact) mass is 516 g/mol. The molecule has 2 amide bonds. The maximum Gasteiger partial charge on any atom is 0.270 e. The van der Waals surface area contributed by atoms with E-state index >= 15 is 0 Å². The topological polar surface area (TPSA) is 167 Å². The first-order chi connectivity index (χ1) is 18.5. The molecule has 0 radical (unpaired) electrons. The smallest absolute Gasteiger partial charge is 0.270 e. The maximum absolute atomic E-state index is 13.0. The largest absolute Gasteiger partial charge is 0.358 e. The molecule has 0 aromatic carbocycles. The second-order valence-electron chi connectivity index (χ2n) is 8.92. The highest BCUT2D eigenvalue weighted by Gasteiger charge is 2.32. The molecule has 1 atom stereocenters. The van der Waals surface area contributed by atoms with Crippen LogP contribution in [-0.4, -0.2) is 61.8 Å². The van der Waals surface area contributed by atoms with E-state index in [-0.39, 0.29) is 30.1 Å². The van der Waals surface area contributed by atoms with E-state index in [1.54, 1.807) is 12.3 Å². The van der Waals surface area contributed by atoms with Gasteiger partial charge < -0.3 is 25.4 Å². The Morgan fingerprint density at radius 3 is 2.74 bits per heavy atom. The fraction of sp³-hybridized carbons (Fsp3) is 0.320. The summed E-state index contributed by atoms with van der Waals surface area (Å²) in [6.07, 6.45) is 3.41. The van der Waals surface area contributed by atoms with E-state index in [9.17, 15) is 9.59 Å². The molecule has 13 nitrogen and oxygen atoms in total. The van der Waals surface area contributed by atoms with Crippen LogP contribution in [0, 0.1) is 6.92 Å². The van der Waals surface area contributed by atoms with Gasteiger partial charge >= 0.3 is 0 Å². The second kappa shape index (κ2) is 11.1. The fourth-order valence-corrected chi connectivity index (χ4v) is 4.24. The number of aryl methyl sites for hydroxylation is 1. The molecule has 0 bridgehead atoms. The third kappa shape index (κ3) is 5.77. The van der Waals surface area contributed by atoms with Gasteiger partial charge in [0.1, 0.15) is 17.2 Å². The quantitative estimate of drug-likeness (QED) is 0.243. The summed E-state index contributed by atoms with van der Waals surface area (Å²) in [6, 6.07) is 10.8. The van der Waals surface area contributed by atoms with Gasteiger partial charge in [-0.05, 0) is 31.9 Å². The molecule has 4 aromatic heterocycles. The average molecular weight is 517 g/mol. The van der Waals surface area contributed by atoms with Gasteiger partial charge in [0, 0.05) is 56.6 Å². The van der Waals surface area contributed by atoms with Crippen molar-refractivity contribution < 1.29 is 14.1 Å². The van der Waals surface area contributed by atoms with Gasteiger partial charge in [-0.1, -0.05) is 11.2 Å². The molecule has 0 aliphatic carbocycles. The highest BCUT2D eigenvalue weighted by Crippen LogP contribution is 2.36. The minimum Gasteiger partial charge on any atom is -0.358 e. The van der Waals surface area contributed by atoms with Gasteiger partial charge in [0.2, 0.25) is 11.9 Å². The number of amides is 2. The lowest BCUT2D eigenvalue weighted by Crippen LogP contribution is -2.34. The average Bonchev–Trinajstić information content (AvgIpc) is 3.67. The lowest BCUT2D eigenvalue weighted by molar-refractivity contribution is -0.118. The third-order valence-electron chi connectivity index (χ3n) is 5.99. The molecule has 38 heavy (non-hydrogen) atoms. The Bertz CT molecular complexity index is 1420. The van der Waals surface area contributed by atoms with Gasteiger partial charge in [0.25, 0.3) is 5.91 Å². The third-order valence-corrected chi connectivity index (χ3v) is 5.99. The van der Waals surface area contributed by atoms with Crippen molar-refractivity contribution in [3.05, 3.63) is 59.7 Å². The minimum atomic E-state index is -0.381. The van der Waals surface area contributed by atoms with Crippen LogP contribution in [0.25, 0.3) is 11.4 Å². The van der Waals surface area contributed by atoms with E-state index in [2.05, 4.69) is 41.3 Å². The summed E-state index contributed by atoms with van der Waals surface area (Å²) in [5, 5.41) is 19.9. The Labute approximate surface area is 218 Å². The summed E-state index contributed by atoms with van der Waals surface area (Å²) in [5.74, 6) is 1.50. The number of carbonyl (C=O) groups is 2. The Hall–Kier alpha value is -4.81. The van der Waals surface area contributed by atoms with Crippen molar-refractivity contribution in [1.82, 2.24) is 40.9 Å². The number of hydrogen-bond acceptors (Lipinski definition) is 10. The molecule has 0 saturated carbocycles. The van der Waals surface area contributed by atoms with Crippen LogP contribution in [0.1, 0.15) is 47.7 Å². The summed E-state index contributed by atoms with van der Waals surface area (Å²) < 4.78 is 5.72. The lowest BCUT2D eigenvalue weighted by atomic mass is 10.1. The summed E-state index contributed by atoms with van der Waals surface area (Å²) in [6.45, 7) is 4.57. The van der Waals surface area contributed by atoms with E-state index in [0.29, 0.717) is 42.1 Å². The summed E-state index contributed by atoms with van der Waals surface area (Å²) >= 11 is 0. The number of pyridine rings is 1. The molecule has 4 N–H and O–H groups in total. The molecule has 5 heterocycles. The number of hydrogen-bond donors (Lipinski definition) is 4. The molecule has 5 rings (SSSR count). The molecule has 1 unspecified atom stereocenters. The van der Waals surface area contributed by atoms with Crippen LogP contribution in [0.15, 0.2) is 47.1 Å². The molecule has 1 saturated heterocycles. The van der Waals surface area contributed by atoms with Gasteiger partial charge in [0.15, 0.2) is 11.6 Å². The Morgan fingerprint density at radius 1 is 1.11 bits per heavy atom. The van der Waals surface area contributed by atoms with Gasteiger partial charge in [-0.15, -0.1) is 0 Å². The van der Waals surface area contributed by atoms with E-state index < -0.39 is 0 Å². The number of aromatic amines is 1. The van der Waals surface area contributed by atoms with Crippen molar-refractivity contribution in [1.29, 1.82) is 0 Å². The molecular formula is C25H28N10O3. The van der Waals surface area contributed by atoms with Crippen molar-refractivity contribution in [2.45, 2.75) is 32.7 Å². The van der Waals surface area contributed by atoms with Crippen LogP contribution < -0.4 is 20.9 Å². The van der Waals surface area contributed by atoms with E-state index in [0.717, 1.165) is 24.2 Å². The molecule has 1 aliphatic rings. The highest BCUT2D eigenvalue weighted by atomic mass is 16.5. The number of carbonyl (C=O) groups excluding carboxylic acids is 2. The lowest BCUT2D eigenvalue weighted by Gasteiger charge is -2.23. The highest BCUT2D eigenvalue weighted by molar-refractivity contribution is 5.93. The molecule has 1 fully saturated rings. The van der Waals surface area contributed by atoms with Crippen LogP contribution in [0.4, 0.5) is 17.6 Å². The number of H-pyrrole nitrogens is 1. The van der Waals surface area contributed by atoms with Gasteiger partial charge in [0.05, 0.1) is 11.7 Å². The Morgan fingerprint density at radius 2 is 1.97 bits per heavy atom. The standard InChI is InChI=1S/C25H28N10O3/c1-15-12-23(33-32-15)30-22-14-19(24(37)28-10-9-26-16(2)36)29-25(31-22)35-11-5-7-20(35)21-13-18(34-38-21)17-6-3-4-8-27-17/h3-4,6,8,12-14,20H,5,7,9-11H2,1-2H3,(H,26,36)(H,28,37)(H2,29,30,31,32,33). The number of nitrogens with zero attached hydrogens (tertiary/aromatic N) is 6. The predicted molar refractivity (Wildman–Crippen MR) is 139 cm³/mol. The Kier molecular flexibility index (Phi) is 7.24. The van der Waals surface area contributed by atoms with Gasteiger partial charge in [-0.2, -0.15) is 10.1 Å². The van der Waals surface area contributed by atoms with Crippen LogP contribution in [0.3, 0.4) is 0 Å². The van der Waals surface area contributed by atoms with Crippen molar-refractivity contribution in [3.8, 4) is 11.4 Å². The zero-order valence-corrected chi connectivity index (χ0v) is 21.1. The first kappa shape index (κ1) is 24.9. The maximum atomic E-state index is 13.0. The zero-order chi connectivity index (χ0) is 26.5. The number of nitrogens with one attached hydrogen (secondary N) is 4. The predicted octanol–water partition coefficient (Wildman–Crippen LogP) is 2.51. The first-order valence-corrected chi connectivity index (χ1v) is 12.3. The van der Waals surface area contributed by atoms with Crippen LogP contribution in [0.5, 0.6) is 0 Å². The second-order valence-corrected chi connectivity index (χ2v) is 8.92. The fourth-order valence-electron chi connectivity index (χ4n) is 4.24. The van der Waals surface area contributed by atoms with Gasteiger partial charge in [-0.3, -0.25) is 19.7 Å².